The number of fused-ring (bicyclic) bond motifs is 1. The second kappa shape index (κ2) is 6.81. The molecule has 1 amide bonds. The highest BCUT2D eigenvalue weighted by atomic mass is 32.1. The molecule has 0 saturated carbocycles. The number of ether oxygens (including phenoxy) is 1. The number of aromatic nitrogens is 3. The summed E-state index contributed by atoms with van der Waals surface area (Å²) in [4.78, 5) is 19.6. The summed E-state index contributed by atoms with van der Waals surface area (Å²) in [5.41, 5.74) is 2.69. The summed E-state index contributed by atoms with van der Waals surface area (Å²) in [6, 6.07) is 7.72. The van der Waals surface area contributed by atoms with Crippen LogP contribution in [0.4, 0.5) is 5.69 Å². The highest BCUT2D eigenvalue weighted by Gasteiger charge is 2.22. The molecule has 1 aromatic carbocycles. The van der Waals surface area contributed by atoms with Crippen LogP contribution in [0.1, 0.15) is 22.5 Å². The molecular formula is C17H19N5O2S. The largest absolute Gasteiger partial charge is 0.380 e. The predicted molar refractivity (Wildman–Crippen MR) is 96.1 cm³/mol. The molecule has 3 aromatic rings. The number of hydrogen-bond acceptors (Lipinski definition) is 6. The van der Waals surface area contributed by atoms with Gasteiger partial charge in [-0.25, -0.2) is 9.50 Å². The van der Waals surface area contributed by atoms with Gasteiger partial charge in [-0.15, -0.1) is 11.3 Å². The Labute approximate surface area is 149 Å². The monoisotopic (exact) mass is 357 g/mol. The SMILES string of the molecule is CO[C@H]1CCN(c2ccc(C(=O)NCc3csc4ncnn34)cc2)C1. The Kier molecular flexibility index (Phi) is 4.37. The molecule has 1 atom stereocenters. The normalized spacial score (nSPS) is 17.3. The Morgan fingerprint density at radius 1 is 1.40 bits per heavy atom. The third-order valence-corrected chi connectivity index (χ3v) is 5.37. The van der Waals surface area contributed by atoms with Crippen molar-refractivity contribution in [2.75, 3.05) is 25.1 Å². The van der Waals surface area contributed by atoms with Gasteiger partial charge in [0.25, 0.3) is 5.91 Å². The first-order chi connectivity index (χ1) is 12.2. The zero-order valence-corrected chi connectivity index (χ0v) is 14.7. The van der Waals surface area contributed by atoms with Gasteiger partial charge in [-0.2, -0.15) is 5.10 Å². The van der Waals surface area contributed by atoms with Gasteiger partial charge < -0.3 is 15.0 Å². The molecule has 0 spiro atoms. The summed E-state index contributed by atoms with van der Waals surface area (Å²) in [6.45, 7) is 2.30. The molecule has 0 radical (unpaired) electrons. The van der Waals surface area contributed by atoms with E-state index in [0.717, 1.165) is 35.9 Å². The smallest absolute Gasteiger partial charge is 0.251 e. The highest BCUT2D eigenvalue weighted by Crippen LogP contribution is 2.22. The van der Waals surface area contributed by atoms with Crippen LogP contribution in [-0.4, -0.2) is 46.8 Å². The summed E-state index contributed by atoms with van der Waals surface area (Å²) >= 11 is 1.51. The Bertz CT molecular complexity index is 873. The molecule has 25 heavy (non-hydrogen) atoms. The molecule has 1 N–H and O–H groups in total. The van der Waals surface area contributed by atoms with E-state index in [9.17, 15) is 4.79 Å². The molecule has 1 aliphatic heterocycles. The van der Waals surface area contributed by atoms with Gasteiger partial charge in [0.15, 0.2) is 0 Å². The van der Waals surface area contributed by atoms with Gasteiger partial charge in [0, 0.05) is 36.8 Å². The first-order valence-corrected chi connectivity index (χ1v) is 9.04. The third-order valence-electron chi connectivity index (χ3n) is 4.49. The van der Waals surface area contributed by atoms with E-state index in [-0.39, 0.29) is 5.91 Å². The lowest BCUT2D eigenvalue weighted by Gasteiger charge is -2.18. The molecule has 3 heterocycles. The molecular weight excluding hydrogens is 338 g/mol. The van der Waals surface area contributed by atoms with Crippen LogP contribution in [-0.2, 0) is 11.3 Å². The fraction of sp³-hybridized carbons (Fsp3) is 0.353. The minimum Gasteiger partial charge on any atom is -0.380 e. The molecule has 8 heteroatoms. The number of nitrogens with one attached hydrogen (secondary N) is 1. The number of anilines is 1. The van der Waals surface area contributed by atoms with E-state index >= 15 is 0 Å². The Morgan fingerprint density at radius 3 is 3.00 bits per heavy atom. The van der Waals surface area contributed by atoms with Gasteiger partial charge in [-0.1, -0.05) is 0 Å². The average Bonchev–Trinajstić information content (AvgIpc) is 3.36. The quantitative estimate of drug-likeness (QED) is 0.756. The predicted octanol–water partition coefficient (Wildman–Crippen LogP) is 1.95. The van der Waals surface area contributed by atoms with Crippen molar-refractivity contribution in [1.82, 2.24) is 19.9 Å². The number of thiazole rings is 1. The molecule has 1 fully saturated rings. The lowest BCUT2D eigenvalue weighted by molar-refractivity contribution is 0.0950. The molecule has 1 saturated heterocycles. The maximum atomic E-state index is 12.4. The number of carbonyl (C=O) groups excluding carboxylic acids is 1. The summed E-state index contributed by atoms with van der Waals surface area (Å²) in [5.74, 6) is -0.0952. The Balaban J connectivity index is 1.38. The van der Waals surface area contributed by atoms with Crippen LogP contribution >= 0.6 is 11.3 Å². The van der Waals surface area contributed by atoms with Crippen molar-refractivity contribution in [3.8, 4) is 0 Å². The topological polar surface area (TPSA) is 71.8 Å². The van der Waals surface area contributed by atoms with Crippen molar-refractivity contribution in [2.24, 2.45) is 0 Å². The van der Waals surface area contributed by atoms with Crippen molar-refractivity contribution in [1.29, 1.82) is 0 Å². The lowest BCUT2D eigenvalue weighted by atomic mass is 10.2. The first-order valence-electron chi connectivity index (χ1n) is 8.16. The molecule has 1 aliphatic rings. The minimum absolute atomic E-state index is 0.0952. The van der Waals surface area contributed by atoms with Gasteiger partial charge in [0.2, 0.25) is 4.96 Å². The zero-order chi connectivity index (χ0) is 17.2. The summed E-state index contributed by atoms with van der Waals surface area (Å²) in [6.07, 6.45) is 2.85. The van der Waals surface area contributed by atoms with E-state index < -0.39 is 0 Å². The molecule has 7 nitrogen and oxygen atoms in total. The van der Waals surface area contributed by atoms with Crippen molar-refractivity contribution >= 4 is 27.9 Å². The van der Waals surface area contributed by atoms with E-state index in [1.54, 1.807) is 11.6 Å². The van der Waals surface area contributed by atoms with E-state index in [1.807, 2.05) is 29.6 Å². The maximum absolute atomic E-state index is 12.4. The van der Waals surface area contributed by atoms with Crippen molar-refractivity contribution in [3.63, 3.8) is 0 Å². The van der Waals surface area contributed by atoms with E-state index in [4.69, 9.17) is 4.74 Å². The Hall–Kier alpha value is -2.45. The summed E-state index contributed by atoms with van der Waals surface area (Å²) in [7, 11) is 1.75. The van der Waals surface area contributed by atoms with Crippen molar-refractivity contribution < 1.29 is 9.53 Å². The number of carbonyl (C=O) groups is 1. The van der Waals surface area contributed by atoms with E-state index in [2.05, 4.69) is 20.3 Å². The van der Waals surface area contributed by atoms with Crippen molar-refractivity contribution in [3.05, 3.63) is 47.2 Å². The van der Waals surface area contributed by atoms with E-state index in [1.165, 1.54) is 17.7 Å². The fourth-order valence-corrected chi connectivity index (χ4v) is 3.84. The number of nitrogens with zero attached hydrogens (tertiary/aromatic N) is 4. The summed E-state index contributed by atoms with van der Waals surface area (Å²) in [5, 5.41) is 9.04. The van der Waals surface area contributed by atoms with Crippen molar-refractivity contribution in [2.45, 2.75) is 19.1 Å². The third kappa shape index (κ3) is 3.22. The van der Waals surface area contributed by atoms with E-state index in [0.29, 0.717) is 18.2 Å². The second-order valence-electron chi connectivity index (χ2n) is 6.00. The number of methoxy groups -OCH3 is 1. The molecule has 0 unspecified atom stereocenters. The van der Waals surface area contributed by atoms with Crippen LogP contribution in [0.3, 0.4) is 0 Å². The van der Waals surface area contributed by atoms with Gasteiger partial charge in [0.1, 0.15) is 6.33 Å². The number of amides is 1. The molecule has 4 rings (SSSR count). The molecule has 0 aliphatic carbocycles. The van der Waals surface area contributed by atoms with Gasteiger partial charge in [0.05, 0.1) is 18.3 Å². The Morgan fingerprint density at radius 2 is 2.24 bits per heavy atom. The van der Waals surface area contributed by atoms with Crippen LogP contribution in [0.2, 0.25) is 0 Å². The zero-order valence-electron chi connectivity index (χ0n) is 13.9. The van der Waals surface area contributed by atoms with Crippen LogP contribution in [0.15, 0.2) is 36.0 Å². The number of benzene rings is 1. The van der Waals surface area contributed by atoms with Crippen LogP contribution < -0.4 is 10.2 Å². The fourth-order valence-electron chi connectivity index (χ4n) is 3.05. The minimum atomic E-state index is -0.0952. The average molecular weight is 357 g/mol. The first kappa shape index (κ1) is 16.0. The summed E-state index contributed by atoms with van der Waals surface area (Å²) < 4.78 is 7.14. The maximum Gasteiger partial charge on any atom is 0.251 e. The number of rotatable bonds is 5. The van der Waals surface area contributed by atoms with Gasteiger partial charge >= 0.3 is 0 Å². The van der Waals surface area contributed by atoms with Gasteiger partial charge in [-0.3, -0.25) is 4.79 Å². The number of hydrogen-bond donors (Lipinski definition) is 1. The van der Waals surface area contributed by atoms with Crippen LogP contribution in [0.5, 0.6) is 0 Å². The second-order valence-corrected chi connectivity index (χ2v) is 6.84. The van der Waals surface area contributed by atoms with Gasteiger partial charge in [-0.05, 0) is 30.7 Å². The highest BCUT2D eigenvalue weighted by molar-refractivity contribution is 7.15. The van der Waals surface area contributed by atoms with Crippen LogP contribution in [0.25, 0.3) is 4.96 Å². The molecule has 2 aromatic heterocycles. The standard InChI is InChI=1S/C17H19N5O2S/c1-24-15-6-7-21(9-15)13-4-2-12(3-5-13)16(23)18-8-14-10-25-17-19-11-20-22(14)17/h2-5,10-11,15H,6-9H2,1H3,(H,18,23)/t15-/m0/s1. The lowest BCUT2D eigenvalue weighted by Crippen LogP contribution is -2.24. The van der Waals surface area contributed by atoms with Crippen LogP contribution in [0, 0.1) is 0 Å². The molecule has 0 bridgehead atoms. The molecule has 130 valence electrons.